The van der Waals surface area contributed by atoms with Crippen LogP contribution in [-0.4, -0.2) is 30.7 Å². The number of fused-ring (bicyclic) bond motifs is 1. The third kappa shape index (κ3) is 2.84. The van der Waals surface area contributed by atoms with Gasteiger partial charge in [0.25, 0.3) is 0 Å². The van der Waals surface area contributed by atoms with E-state index < -0.39 is 0 Å². The van der Waals surface area contributed by atoms with E-state index in [1.807, 2.05) is 6.07 Å². The van der Waals surface area contributed by atoms with Gasteiger partial charge in [-0.2, -0.15) is 4.98 Å². The summed E-state index contributed by atoms with van der Waals surface area (Å²) >= 11 is 0. The number of nitrogens with two attached hydrogens (primary N) is 1. The van der Waals surface area contributed by atoms with Crippen molar-refractivity contribution < 1.29 is 9.47 Å². The Balaban J connectivity index is 2.50. The summed E-state index contributed by atoms with van der Waals surface area (Å²) < 4.78 is 10.6. The second-order valence-corrected chi connectivity index (χ2v) is 4.44. The van der Waals surface area contributed by atoms with Gasteiger partial charge in [-0.3, -0.25) is 0 Å². The van der Waals surface area contributed by atoms with E-state index in [0.29, 0.717) is 11.5 Å². The van der Waals surface area contributed by atoms with Crippen LogP contribution in [0.5, 0.6) is 11.5 Å². The van der Waals surface area contributed by atoms with Crippen molar-refractivity contribution in [3.8, 4) is 11.5 Å². The number of hydrogen-bond donors (Lipinski definition) is 2. The minimum absolute atomic E-state index is 0.240. The lowest BCUT2D eigenvalue weighted by atomic mass is 10.2. The van der Waals surface area contributed by atoms with Crippen LogP contribution in [0, 0.1) is 0 Å². The van der Waals surface area contributed by atoms with Crippen LogP contribution >= 0.6 is 0 Å². The number of benzene rings is 1. The Morgan fingerprint density at radius 2 is 1.85 bits per heavy atom. The predicted octanol–water partition coefficient (Wildman–Crippen LogP) is 2.44. The van der Waals surface area contributed by atoms with Crippen LogP contribution in [0.15, 0.2) is 12.1 Å². The summed E-state index contributed by atoms with van der Waals surface area (Å²) in [4.78, 5) is 8.50. The maximum Gasteiger partial charge on any atom is 0.222 e. The van der Waals surface area contributed by atoms with Crippen molar-refractivity contribution in [1.82, 2.24) is 9.97 Å². The molecule has 20 heavy (non-hydrogen) atoms. The molecule has 6 nitrogen and oxygen atoms in total. The van der Waals surface area contributed by atoms with Crippen LogP contribution < -0.4 is 20.5 Å². The monoisotopic (exact) mass is 276 g/mol. The first-order valence-electron chi connectivity index (χ1n) is 6.62. The zero-order valence-corrected chi connectivity index (χ0v) is 12.1. The van der Waals surface area contributed by atoms with Crippen molar-refractivity contribution >= 4 is 22.7 Å². The Hall–Kier alpha value is -2.24. The quantitative estimate of drug-likeness (QED) is 0.789. The van der Waals surface area contributed by atoms with Crippen molar-refractivity contribution in [2.75, 3.05) is 31.8 Å². The summed E-state index contributed by atoms with van der Waals surface area (Å²) in [5, 5.41) is 4.16. The molecule has 6 heteroatoms. The van der Waals surface area contributed by atoms with Crippen molar-refractivity contribution in [3.05, 3.63) is 12.1 Å². The summed E-state index contributed by atoms with van der Waals surface area (Å²) in [7, 11) is 3.20. The summed E-state index contributed by atoms with van der Waals surface area (Å²) in [5.74, 6) is 2.23. The van der Waals surface area contributed by atoms with Crippen molar-refractivity contribution in [1.29, 1.82) is 0 Å². The molecule has 2 aromatic rings. The van der Waals surface area contributed by atoms with Crippen LogP contribution in [-0.2, 0) is 0 Å². The topological polar surface area (TPSA) is 82.3 Å². The number of aromatic nitrogens is 2. The maximum atomic E-state index is 5.76. The lowest BCUT2D eigenvalue weighted by Crippen LogP contribution is -2.07. The molecule has 0 unspecified atom stereocenters. The van der Waals surface area contributed by atoms with Gasteiger partial charge in [0.15, 0.2) is 11.5 Å². The van der Waals surface area contributed by atoms with Gasteiger partial charge in [0.05, 0.1) is 19.7 Å². The van der Waals surface area contributed by atoms with Crippen LogP contribution in [0.1, 0.15) is 19.8 Å². The standard InChI is InChI=1S/C14H20N4O2/c1-4-5-6-16-13-9-7-11(19-2)12(20-3)8-10(9)17-14(15)18-13/h7-8H,4-6H2,1-3H3,(H3,15,16,17,18). The molecule has 0 amide bonds. The summed E-state index contributed by atoms with van der Waals surface area (Å²) in [6.07, 6.45) is 2.18. The highest BCUT2D eigenvalue weighted by Crippen LogP contribution is 2.34. The fourth-order valence-electron chi connectivity index (χ4n) is 1.99. The van der Waals surface area contributed by atoms with Gasteiger partial charge >= 0.3 is 0 Å². The molecule has 0 saturated heterocycles. The third-order valence-corrected chi connectivity index (χ3v) is 3.04. The number of hydrogen-bond acceptors (Lipinski definition) is 6. The van der Waals surface area contributed by atoms with Crippen molar-refractivity contribution in [2.45, 2.75) is 19.8 Å². The fraction of sp³-hybridized carbons (Fsp3) is 0.429. The van der Waals surface area contributed by atoms with E-state index in [-0.39, 0.29) is 5.95 Å². The Morgan fingerprint density at radius 1 is 1.15 bits per heavy atom. The van der Waals surface area contributed by atoms with Crippen molar-refractivity contribution in [3.63, 3.8) is 0 Å². The molecule has 3 N–H and O–H groups in total. The van der Waals surface area contributed by atoms with Crippen LogP contribution in [0.4, 0.5) is 11.8 Å². The molecular formula is C14H20N4O2. The van der Waals surface area contributed by atoms with E-state index in [4.69, 9.17) is 15.2 Å². The largest absolute Gasteiger partial charge is 0.493 e. The van der Waals surface area contributed by atoms with E-state index in [1.165, 1.54) is 0 Å². The second-order valence-electron chi connectivity index (χ2n) is 4.44. The van der Waals surface area contributed by atoms with Gasteiger partial charge < -0.3 is 20.5 Å². The first kappa shape index (κ1) is 14.2. The number of ether oxygens (including phenoxy) is 2. The number of unbranched alkanes of at least 4 members (excludes halogenated alkanes) is 1. The molecule has 1 aromatic carbocycles. The Kier molecular flexibility index (Phi) is 4.45. The number of anilines is 2. The van der Waals surface area contributed by atoms with Crippen LogP contribution in [0.25, 0.3) is 10.9 Å². The molecule has 0 aliphatic carbocycles. The smallest absolute Gasteiger partial charge is 0.222 e. The molecule has 0 bridgehead atoms. The molecule has 0 atom stereocenters. The summed E-state index contributed by atoms with van der Waals surface area (Å²) in [6.45, 7) is 2.98. The SMILES string of the molecule is CCCCNc1nc(N)nc2cc(OC)c(OC)cc12. The molecule has 0 fully saturated rings. The minimum atomic E-state index is 0.240. The Morgan fingerprint density at radius 3 is 2.50 bits per heavy atom. The second kappa shape index (κ2) is 6.27. The lowest BCUT2D eigenvalue weighted by molar-refractivity contribution is 0.356. The number of nitrogens with one attached hydrogen (secondary N) is 1. The number of nitrogens with zero attached hydrogens (tertiary/aromatic N) is 2. The number of methoxy groups -OCH3 is 2. The molecule has 1 heterocycles. The molecule has 0 radical (unpaired) electrons. The molecular weight excluding hydrogens is 256 g/mol. The molecule has 0 aliphatic rings. The van der Waals surface area contributed by atoms with E-state index in [2.05, 4.69) is 22.2 Å². The van der Waals surface area contributed by atoms with E-state index in [1.54, 1.807) is 20.3 Å². The van der Waals surface area contributed by atoms with Gasteiger partial charge in [0, 0.05) is 18.0 Å². The van der Waals surface area contributed by atoms with E-state index in [0.717, 1.165) is 36.1 Å². The highest BCUT2D eigenvalue weighted by molar-refractivity contribution is 5.92. The zero-order valence-electron chi connectivity index (χ0n) is 12.1. The van der Waals surface area contributed by atoms with Gasteiger partial charge in [0.1, 0.15) is 5.82 Å². The van der Waals surface area contributed by atoms with Crippen molar-refractivity contribution in [2.24, 2.45) is 0 Å². The Labute approximate surface area is 118 Å². The molecule has 108 valence electrons. The summed E-state index contributed by atoms with van der Waals surface area (Å²) in [6, 6.07) is 3.67. The van der Waals surface area contributed by atoms with Gasteiger partial charge in [-0.05, 0) is 12.5 Å². The molecule has 0 spiro atoms. The third-order valence-electron chi connectivity index (χ3n) is 3.04. The fourth-order valence-corrected chi connectivity index (χ4v) is 1.99. The van der Waals surface area contributed by atoms with Gasteiger partial charge in [-0.1, -0.05) is 13.3 Å². The lowest BCUT2D eigenvalue weighted by Gasteiger charge is -2.12. The van der Waals surface area contributed by atoms with Crippen LogP contribution in [0.2, 0.25) is 0 Å². The molecule has 0 aliphatic heterocycles. The minimum Gasteiger partial charge on any atom is -0.493 e. The van der Waals surface area contributed by atoms with Gasteiger partial charge in [-0.25, -0.2) is 4.98 Å². The molecule has 1 aromatic heterocycles. The number of rotatable bonds is 6. The maximum absolute atomic E-state index is 5.76. The van der Waals surface area contributed by atoms with E-state index in [9.17, 15) is 0 Å². The van der Waals surface area contributed by atoms with E-state index >= 15 is 0 Å². The molecule has 0 saturated carbocycles. The van der Waals surface area contributed by atoms with Gasteiger partial charge in [0.2, 0.25) is 5.95 Å². The predicted molar refractivity (Wildman–Crippen MR) is 80.5 cm³/mol. The number of nitrogen functional groups attached to an aromatic ring is 1. The van der Waals surface area contributed by atoms with Crippen LogP contribution in [0.3, 0.4) is 0 Å². The van der Waals surface area contributed by atoms with Gasteiger partial charge in [-0.15, -0.1) is 0 Å². The average Bonchev–Trinajstić information content (AvgIpc) is 2.45. The highest BCUT2D eigenvalue weighted by atomic mass is 16.5. The normalized spacial score (nSPS) is 10.6. The highest BCUT2D eigenvalue weighted by Gasteiger charge is 2.12. The molecule has 2 rings (SSSR count). The first-order chi connectivity index (χ1) is 9.69. The average molecular weight is 276 g/mol. The first-order valence-corrected chi connectivity index (χ1v) is 6.62. The Bertz CT molecular complexity index is 601. The summed E-state index contributed by atoms with van der Waals surface area (Å²) in [5.41, 5.74) is 6.49. The zero-order chi connectivity index (χ0) is 14.5.